The molecule has 0 bridgehead atoms. The van der Waals surface area contributed by atoms with E-state index in [1.54, 1.807) is 18.2 Å². The number of nitrogens with two attached hydrogens (primary N) is 1. The Balaban J connectivity index is 2.11. The molecular formula is C22H21FIN5O4S. The third-order valence-corrected chi connectivity index (χ3v) is 7.36. The number of nitrogens with zero attached hydrogens (tertiary/aromatic N) is 3. The van der Waals surface area contributed by atoms with Crippen molar-refractivity contribution in [2.45, 2.75) is 19.8 Å². The number of fused-ring (bicyclic) bond motifs is 1. The summed E-state index contributed by atoms with van der Waals surface area (Å²) in [6.07, 6.45) is 3.87. The molecule has 0 saturated heterocycles. The molecule has 2 heterocycles. The largest absolute Gasteiger partial charge is 0.338 e. The minimum Gasteiger partial charge on any atom is -0.338 e. The Bertz CT molecular complexity index is 1630. The van der Waals surface area contributed by atoms with Crippen molar-refractivity contribution in [3.63, 3.8) is 0 Å². The fourth-order valence-electron chi connectivity index (χ4n) is 4.00. The molecule has 0 amide bonds. The number of anilines is 2. The highest BCUT2D eigenvalue weighted by molar-refractivity contribution is 14.1. The molecule has 0 spiro atoms. The highest BCUT2D eigenvalue weighted by Gasteiger charge is 2.24. The summed E-state index contributed by atoms with van der Waals surface area (Å²) < 4.78 is 30.4. The van der Waals surface area contributed by atoms with Gasteiger partial charge in [-0.25, -0.2) is 18.5 Å². The SMILES string of the molecule is Cc1c(=O)n(C)c(Nc2ccc(I)cc2F)c2c(=O)n(C)c(=O)n(C3=CC=C(S(N)=O)CC3)c12. The Hall–Kier alpha value is -2.84. The van der Waals surface area contributed by atoms with Crippen LogP contribution in [0.3, 0.4) is 0 Å². The second-order valence-electron chi connectivity index (χ2n) is 7.88. The van der Waals surface area contributed by atoms with E-state index in [1.807, 2.05) is 22.6 Å². The van der Waals surface area contributed by atoms with Crippen molar-refractivity contribution in [1.82, 2.24) is 13.7 Å². The lowest BCUT2D eigenvalue weighted by atomic mass is 10.1. The van der Waals surface area contributed by atoms with Gasteiger partial charge in [0.2, 0.25) is 0 Å². The summed E-state index contributed by atoms with van der Waals surface area (Å²) in [4.78, 5) is 40.2. The summed E-state index contributed by atoms with van der Waals surface area (Å²) in [5.41, 5.74) is -0.771. The zero-order valence-corrected chi connectivity index (χ0v) is 21.5. The van der Waals surface area contributed by atoms with Crippen LogP contribution in [-0.4, -0.2) is 17.9 Å². The molecule has 12 heteroatoms. The number of pyridine rings is 1. The van der Waals surface area contributed by atoms with Crippen LogP contribution in [0.5, 0.6) is 0 Å². The Kier molecular flexibility index (Phi) is 6.48. The molecule has 2 aromatic heterocycles. The molecule has 3 N–H and O–H groups in total. The molecule has 34 heavy (non-hydrogen) atoms. The maximum absolute atomic E-state index is 14.6. The number of halogens is 2. The second-order valence-corrected chi connectivity index (χ2v) is 10.2. The van der Waals surface area contributed by atoms with Crippen LogP contribution in [0.2, 0.25) is 0 Å². The zero-order valence-electron chi connectivity index (χ0n) is 18.5. The minimum atomic E-state index is -1.63. The van der Waals surface area contributed by atoms with E-state index in [0.29, 0.717) is 27.0 Å². The molecule has 0 radical (unpaired) electrons. The van der Waals surface area contributed by atoms with Gasteiger partial charge in [0, 0.05) is 33.8 Å². The van der Waals surface area contributed by atoms with Crippen molar-refractivity contribution in [2.75, 3.05) is 5.32 Å². The van der Waals surface area contributed by atoms with Crippen molar-refractivity contribution < 1.29 is 8.60 Å². The Morgan fingerprint density at radius 3 is 2.38 bits per heavy atom. The number of rotatable bonds is 4. The van der Waals surface area contributed by atoms with Crippen molar-refractivity contribution in [2.24, 2.45) is 19.2 Å². The standard InChI is InChI=1S/C22H21FIN5O4S/c1-11-18-17(19(27(2)20(11)30)26-16-9-4-12(24)10-15(16)23)21(31)28(3)22(32)29(18)13-5-7-14(8-6-13)34(25)33/h4-5,7,9-10,26H,6,8,25H2,1-3H3. The Morgan fingerprint density at radius 2 is 1.79 bits per heavy atom. The highest BCUT2D eigenvalue weighted by atomic mass is 127. The summed E-state index contributed by atoms with van der Waals surface area (Å²) in [7, 11) is 1.19. The van der Waals surface area contributed by atoms with E-state index in [2.05, 4.69) is 5.32 Å². The van der Waals surface area contributed by atoms with Crippen molar-refractivity contribution in [3.05, 3.63) is 81.4 Å². The third kappa shape index (κ3) is 3.99. The molecular weight excluding hydrogens is 576 g/mol. The molecule has 1 aromatic carbocycles. The number of benzene rings is 1. The molecule has 1 unspecified atom stereocenters. The van der Waals surface area contributed by atoms with Crippen LogP contribution in [-0.2, 0) is 25.1 Å². The first-order valence-corrected chi connectivity index (χ1v) is 12.5. The van der Waals surface area contributed by atoms with Gasteiger partial charge in [0.05, 0.1) is 11.2 Å². The number of hydrogen-bond donors (Lipinski definition) is 2. The number of hydrogen-bond acceptors (Lipinski definition) is 5. The van der Waals surface area contributed by atoms with Crippen molar-refractivity contribution in [1.29, 1.82) is 0 Å². The molecule has 1 aliphatic carbocycles. The summed E-state index contributed by atoms with van der Waals surface area (Å²) in [6.45, 7) is 1.54. The van der Waals surface area contributed by atoms with Gasteiger partial charge >= 0.3 is 5.69 Å². The number of aromatic nitrogens is 3. The van der Waals surface area contributed by atoms with E-state index in [0.717, 1.165) is 4.57 Å². The van der Waals surface area contributed by atoms with Crippen LogP contribution >= 0.6 is 22.6 Å². The summed E-state index contributed by atoms with van der Waals surface area (Å²) in [5, 5.41) is 8.42. The molecule has 0 saturated carbocycles. The smallest absolute Gasteiger partial charge is 0.335 e. The summed E-state index contributed by atoms with van der Waals surface area (Å²) in [6, 6.07) is 4.52. The number of aryl methyl sites for hydroxylation is 1. The first kappa shape index (κ1) is 24.3. The van der Waals surface area contributed by atoms with Gasteiger partial charge in [-0.1, -0.05) is 0 Å². The van der Waals surface area contributed by atoms with Crippen molar-refractivity contribution in [3.8, 4) is 0 Å². The number of allylic oxidation sites excluding steroid dienone is 4. The van der Waals surface area contributed by atoms with Gasteiger partial charge in [-0.2, -0.15) is 0 Å². The molecule has 0 aliphatic heterocycles. The fourth-order valence-corrected chi connectivity index (χ4v) is 4.95. The normalized spacial score (nSPS) is 14.6. The zero-order chi connectivity index (χ0) is 24.9. The van der Waals surface area contributed by atoms with Gasteiger partial charge < -0.3 is 5.32 Å². The topological polar surface area (TPSA) is 121 Å². The van der Waals surface area contributed by atoms with Gasteiger partial charge in [-0.3, -0.25) is 23.3 Å². The van der Waals surface area contributed by atoms with Crippen molar-refractivity contribution >= 4 is 61.7 Å². The van der Waals surface area contributed by atoms with E-state index in [4.69, 9.17) is 5.14 Å². The minimum absolute atomic E-state index is 0.0655. The molecule has 178 valence electrons. The van der Waals surface area contributed by atoms with Gasteiger partial charge in [-0.15, -0.1) is 0 Å². The summed E-state index contributed by atoms with van der Waals surface area (Å²) in [5.74, 6) is -0.489. The first-order chi connectivity index (χ1) is 16.0. The van der Waals surface area contributed by atoms with Crippen LogP contribution < -0.4 is 27.3 Å². The predicted molar refractivity (Wildman–Crippen MR) is 140 cm³/mol. The fraction of sp³-hybridized carbons (Fsp3) is 0.227. The lowest BCUT2D eigenvalue weighted by Gasteiger charge is -2.22. The molecule has 0 fully saturated rings. The Morgan fingerprint density at radius 1 is 1.09 bits per heavy atom. The Labute approximate surface area is 209 Å². The highest BCUT2D eigenvalue weighted by Crippen LogP contribution is 2.29. The quantitative estimate of drug-likeness (QED) is 0.448. The van der Waals surface area contributed by atoms with E-state index in [9.17, 15) is 23.0 Å². The van der Waals surface area contributed by atoms with Gasteiger partial charge in [0.25, 0.3) is 11.1 Å². The van der Waals surface area contributed by atoms with Crippen LogP contribution in [0.1, 0.15) is 18.4 Å². The maximum atomic E-state index is 14.6. The second kappa shape index (κ2) is 9.07. The van der Waals surface area contributed by atoms with Gasteiger partial charge in [0.1, 0.15) is 28.0 Å². The number of nitrogens with one attached hydrogen (secondary N) is 1. The maximum Gasteiger partial charge on any atom is 0.335 e. The van der Waals surface area contributed by atoms with E-state index < -0.39 is 33.6 Å². The van der Waals surface area contributed by atoms with Crippen LogP contribution in [0.4, 0.5) is 15.9 Å². The van der Waals surface area contributed by atoms with Crippen LogP contribution in [0, 0.1) is 16.3 Å². The molecule has 9 nitrogen and oxygen atoms in total. The van der Waals surface area contributed by atoms with Gasteiger partial charge in [0.15, 0.2) is 0 Å². The van der Waals surface area contributed by atoms with E-state index >= 15 is 0 Å². The lowest BCUT2D eigenvalue weighted by molar-refractivity contribution is 0.630. The molecule has 1 aliphatic rings. The monoisotopic (exact) mass is 597 g/mol. The average Bonchev–Trinajstić information content (AvgIpc) is 2.80. The predicted octanol–water partition coefficient (Wildman–Crippen LogP) is 2.34. The first-order valence-electron chi connectivity index (χ1n) is 10.2. The third-order valence-electron chi connectivity index (χ3n) is 5.83. The molecule has 1 atom stereocenters. The van der Waals surface area contributed by atoms with Gasteiger partial charge in [-0.05, 0) is 72.7 Å². The molecule has 4 rings (SSSR count). The van der Waals surface area contributed by atoms with E-state index in [1.165, 1.54) is 42.3 Å². The van der Waals surface area contributed by atoms with Crippen LogP contribution in [0.15, 0.2) is 49.6 Å². The lowest BCUT2D eigenvalue weighted by Crippen LogP contribution is -2.40. The average molecular weight is 597 g/mol. The van der Waals surface area contributed by atoms with Crippen LogP contribution in [0.25, 0.3) is 16.6 Å². The molecule has 3 aromatic rings. The van der Waals surface area contributed by atoms with E-state index in [-0.39, 0.29) is 28.0 Å². The summed E-state index contributed by atoms with van der Waals surface area (Å²) >= 11 is 1.98.